The van der Waals surface area contributed by atoms with Crippen molar-refractivity contribution in [3.8, 4) is 0 Å². The molecule has 0 spiro atoms. The van der Waals surface area contributed by atoms with Crippen molar-refractivity contribution in [2.45, 2.75) is 20.3 Å². The van der Waals surface area contributed by atoms with Crippen LogP contribution < -0.4 is 0 Å². The Labute approximate surface area is 92.6 Å². The lowest BCUT2D eigenvalue weighted by molar-refractivity contribution is 0.365. The van der Waals surface area contributed by atoms with Crippen molar-refractivity contribution in [2.24, 2.45) is 0 Å². The van der Waals surface area contributed by atoms with Crippen LogP contribution in [0.5, 0.6) is 0 Å². The van der Waals surface area contributed by atoms with Crippen LogP contribution >= 0.6 is 0 Å². The van der Waals surface area contributed by atoms with Crippen LogP contribution in [0.4, 0.5) is 0 Å². The summed E-state index contributed by atoms with van der Waals surface area (Å²) < 4.78 is 0. The standard InChI is InChI=1S/C13H20N2/c1-4-12(2)11-15(3)10-8-13-7-5-6-9-14-13/h4-7,9H,8,10-11H2,1-3H3/b12-4+. The van der Waals surface area contributed by atoms with Crippen LogP contribution in [0.2, 0.25) is 0 Å². The molecule has 1 rings (SSSR count). The Kier molecular flexibility index (Phi) is 5.05. The van der Waals surface area contributed by atoms with Crippen molar-refractivity contribution in [3.63, 3.8) is 0 Å². The lowest BCUT2D eigenvalue weighted by atomic mass is 10.2. The van der Waals surface area contributed by atoms with Gasteiger partial charge in [-0.1, -0.05) is 17.7 Å². The summed E-state index contributed by atoms with van der Waals surface area (Å²) >= 11 is 0. The summed E-state index contributed by atoms with van der Waals surface area (Å²) in [4.78, 5) is 6.63. The number of hydrogen-bond acceptors (Lipinski definition) is 2. The molecule has 0 bridgehead atoms. The molecular weight excluding hydrogens is 184 g/mol. The molecule has 1 aromatic rings. The fourth-order valence-corrected chi connectivity index (χ4v) is 1.45. The van der Waals surface area contributed by atoms with Gasteiger partial charge >= 0.3 is 0 Å². The molecule has 1 aromatic heterocycles. The molecule has 0 aliphatic carbocycles. The highest BCUT2D eigenvalue weighted by Gasteiger charge is 2.00. The first-order valence-electron chi connectivity index (χ1n) is 5.42. The topological polar surface area (TPSA) is 16.1 Å². The van der Waals surface area contributed by atoms with Crippen molar-refractivity contribution in [1.29, 1.82) is 0 Å². The quantitative estimate of drug-likeness (QED) is 0.685. The van der Waals surface area contributed by atoms with Crippen LogP contribution in [0.3, 0.4) is 0 Å². The Morgan fingerprint density at radius 3 is 2.87 bits per heavy atom. The first-order chi connectivity index (χ1) is 7.22. The largest absolute Gasteiger partial charge is 0.302 e. The number of pyridine rings is 1. The minimum Gasteiger partial charge on any atom is -0.302 e. The van der Waals surface area contributed by atoms with Crippen LogP contribution in [0.25, 0.3) is 0 Å². The third kappa shape index (κ3) is 4.75. The van der Waals surface area contributed by atoms with Crippen LogP contribution in [-0.4, -0.2) is 30.0 Å². The molecule has 1 heterocycles. The van der Waals surface area contributed by atoms with Gasteiger partial charge in [0.15, 0.2) is 0 Å². The van der Waals surface area contributed by atoms with Gasteiger partial charge in [0.2, 0.25) is 0 Å². The van der Waals surface area contributed by atoms with E-state index in [1.165, 1.54) is 11.3 Å². The van der Waals surface area contributed by atoms with Gasteiger partial charge in [-0.2, -0.15) is 0 Å². The SMILES string of the molecule is C/C=C(\C)CN(C)CCc1ccccn1. The second-order valence-electron chi connectivity index (χ2n) is 3.94. The second kappa shape index (κ2) is 6.36. The van der Waals surface area contributed by atoms with E-state index in [0.717, 1.165) is 19.5 Å². The number of rotatable bonds is 5. The summed E-state index contributed by atoms with van der Waals surface area (Å²) in [5, 5.41) is 0. The van der Waals surface area contributed by atoms with Crippen LogP contribution in [-0.2, 0) is 6.42 Å². The Bertz CT molecular complexity index is 304. The van der Waals surface area contributed by atoms with Gasteiger partial charge < -0.3 is 4.90 Å². The zero-order valence-corrected chi connectivity index (χ0v) is 9.90. The van der Waals surface area contributed by atoms with E-state index in [1.807, 2.05) is 18.3 Å². The zero-order chi connectivity index (χ0) is 11.1. The lowest BCUT2D eigenvalue weighted by Gasteiger charge is -2.16. The maximum Gasteiger partial charge on any atom is 0.0416 e. The first kappa shape index (κ1) is 11.9. The molecule has 0 saturated heterocycles. The van der Waals surface area contributed by atoms with E-state index >= 15 is 0 Å². The van der Waals surface area contributed by atoms with E-state index in [0.29, 0.717) is 0 Å². The minimum atomic E-state index is 1.02. The lowest BCUT2D eigenvalue weighted by Crippen LogP contribution is -2.23. The van der Waals surface area contributed by atoms with E-state index in [-0.39, 0.29) is 0 Å². The van der Waals surface area contributed by atoms with Crippen molar-refractivity contribution in [2.75, 3.05) is 20.1 Å². The average Bonchev–Trinajstić information content (AvgIpc) is 2.27. The third-order valence-electron chi connectivity index (χ3n) is 2.49. The van der Waals surface area contributed by atoms with Gasteiger partial charge in [0.05, 0.1) is 0 Å². The molecule has 0 N–H and O–H groups in total. The number of nitrogens with zero attached hydrogens (tertiary/aromatic N) is 2. The van der Waals surface area contributed by atoms with Gasteiger partial charge in [-0.3, -0.25) is 4.98 Å². The van der Waals surface area contributed by atoms with Crippen LogP contribution in [0.1, 0.15) is 19.5 Å². The zero-order valence-electron chi connectivity index (χ0n) is 9.90. The molecule has 0 aliphatic rings. The minimum absolute atomic E-state index is 1.02. The summed E-state index contributed by atoms with van der Waals surface area (Å²) in [6, 6.07) is 6.08. The van der Waals surface area contributed by atoms with Crippen LogP contribution in [0.15, 0.2) is 36.0 Å². The van der Waals surface area contributed by atoms with Gasteiger partial charge in [-0.25, -0.2) is 0 Å². The van der Waals surface area contributed by atoms with Crippen molar-refractivity contribution in [1.82, 2.24) is 9.88 Å². The van der Waals surface area contributed by atoms with Crippen molar-refractivity contribution >= 4 is 0 Å². The maximum atomic E-state index is 4.31. The third-order valence-corrected chi connectivity index (χ3v) is 2.49. The molecule has 82 valence electrons. The van der Waals surface area contributed by atoms with E-state index in [4.69, 9.17) is 0 Å². The fourth-order valence-electron chi connectivity index (χ4n) is 1.45. The predicted molar refractivity (Wildman–Crippen MR) is 64.9 cm³/mol. The molecule has 0 aromatic carbocycles. The molecule has 0 amide bonds. The monoisotopic (exact) mass is 204 g/mol. The number of allylic oxidation sites excluding steroid dienone is 1. The molecule has 15 heavy (non-hydrogen) atoms. The number of aromatic nitrogens is 1. The van der Waals surface area contributed by atoms with Crippen LogP contribution in [0, 0.1) is 0 Å². The molecule has 0 fully saturated rings. The summed E-state index contributed by atoms with van der Waals surface area (Å²) in [7, 11) is 2.15. The molecule has 2 nitrogen and oxygen atoms in total. The normalized spacial score (nSPS) is 12.1. The van der Waals surface area contributed by atoms with Crippen molar-refractivity contribution < 1.29 is 0 Å². The highest BCUT2D eigenvalue weighted by Crippen LogP contribution is 1.99. The van der Waals surface area contributed by atoms with Gasteiger partial charge in [0, 0.05) is 31.4 Å². The summed E-state index contributed by atoms with van der Waals surface area (Å²) in [5.74, 6) is 0. The van der Waals surface area contributed by atoms with Gasteiger partial charge in [-0.15, -0.1) is 0 Å². The maximum absolute atomic E-state index is 4.31. The smallest absolute Gasteiger partial charge is 0.0416 e. The Balaban J connectivity index is 2.31. The first-order valence-corrected chi connectivity index (χ1v) is 5.42. The van der Waals surface area contributed by atoms with Crippen molar-refractivity contribution in [3.05, 3.63) is 41.7 Å². The van der Waals surface area contributed by atoms with Gasteiger partial charge in [-0.05, 0) is 33.0 Å². The molecule has 2 heteroatoms. The average molecular weight is 204 g/mol. The highest BCUT2D eigenvalue weighted by atomic mass is 15.1. The summed E-state index contributed by atoms with van der Waals surface area (Å²) in [6.45, 7) is 6.35. The number of likely N-dealkylation sites (N-methyl/N-ethyl adjacent to an activating group) is 1. The predicted octanol–water partition coefficient (Wildman–Crippen LogP) is 2.52. The van der Waals surface area contributed by atoms with Gasteiger partial charge in [0.1, 0.15) is 0 Å². The highest BCUT2D eigenvalue weighted by molar-refractivity contribution is 5.04. The van der Waals surface area contributed by atoms with E-state index < -0.39 is 0 Å². The number of hydrogen-bond donors (Lipinski definition) is 0. The Hall–Kier alpha value is -1.15. The summed E-state index contributed by atoms with van der Waals surface area (Å²) in [5.41, 5.74) is 2.58. The van der Waals surface area contributed by atoms with E-state index in [9.17, 15) is 0 Å². The Morgan fingerprint density at radius 1 is 1.47 bits per heavy atom. The second-order valence-corrected chi connectivity index (χ2v) is 3.94. The molecular formula is C13H20N2. The summed E-state index contributed by atoms with van der Waals surface area (Å²) in [6.07, 6.45) is 5.04. The molecule has 0 saturated carbocycles. The van der Waals surface area contributed by atoms with E-state index in [1.54, 1.807) is 0 Å². The molecule has 0 radical (unpaired) electrons. The van der Waals surface area contributed by atoms with Gasteiger partial charge in [0.25, 0.3) is 0 Å². The molecule has 0 atom stereocenters. The Morgan fingerprint density at radius 2 is 2.27 bits per heavy atom. The van der Waals surface area contributed by atoms with E-state index in [2.05, 4.69) is 42.9 Å². The molecule has 0 unspecified atom stereocenters. The fraction of sp³-hybridized carbons (Fsp3) is 0.462. The molecule has 0 aliphatic heterocycles.